The lowest BCUT2D eigenvalue weighted by atomic mass is 10.1. The van der Waals surface area contributed by atoms with E-state index < -0.39 is 0 Å². The molecular formula is C19H21ClN4. The number of halogens is 1. The molecule has 0 spiro atoms. The number of nitrogens with two attached hydrogens (primary N) is 1. The maximum Gasteiger partial charge on any atom is 0.159 e. The van der Waals surface area contributed by atoms with Gasteiger partial charge in [0.15, 0.2) is 5.82 Å². The summed E-state index contributed by atoms with van der Waals surface area (Å²) in [5.41, 5.74) is 9.23. The third-order valence-corrected chi connectivity index (χ3v) is 3.65. The van der Waals surface area contributed by atoms with Gasteiger partial charge in [0.2, 0.25) is 0 Å². The van der Waals surface area contributed by atoms with E-state index in [0.717, 1.165) is 28.5 Å². The SMILES string of the molecule is CC.CN(c1ccc(Cl)cc1)c1nccnc1-c1ccc(N)cc1. The van der Waals surface area contributed by atoms with Gasteiger partial charge in [-0.15, -0.1) is 0 Å². The summed E-state index contributed by atoms with van der Waals surface area (Å²) in [6.45, 7) is 4.00. The quantitative estimate of drug-likeness (QED) is 0.668. The largest absolute Gasteiger partial charge is 0.399 e. The zero-order chi connectivity index (χ0) is 17.5. The van der Waals surface area contributed by atoms with Crippen molar-refractivity contribution in [1.29, 1.82) is 0 Å². The maximum atomic E-state index is 5.95. The van der Waals surface area contributed by atoms with Crippen molar-refractivity contribution in [3.63, 3.8) is 0 Å². The van der Waals surface area contributed by atoms with Gasteiger partial charge in [0.05, 0.1) is 0 Å². The summed E-state index contributed by atoms with van der Waals surface area (Å²) < 4.78 is 0. The lowest BCUT2D eigenvalue weighted by Gasteiger charge is -2.20. The summed E-state index contributed by atoms with van der Waals surface area (Å²) in [7, 11) is 1.95. The van der Waals surface area contributed by atoms with E-state index >= 15 is 0 Å². The van der Waals surface area contributed by atoms with Crippen molar-refractivity contribution in [2.24, 2.45) is 0 Å². The molecule has 5 heteroatoms. The van der Waals surface area contributed by atoms with Crippen molar-refractivity contribution in [3.8, 4) is 11.3 Å². The van der Waals surface area contributed by atoms with Crippen LogP contribution < -0.4 is 10.6 Å². The smallest absolute Gasteiger partial charge is 0.159 e. The lowest BCUT2D eigenvalue weighted by molar-refractivity contribution is 1.09. The summed E-state index contributed by atoms with van der Waals surface area (Å²) in [4.78, 5) is 10.9. The first kappa shape index (κ1) is 17.8. The second kappa shape index (κ2) is 8.31. The number of aromatic nitrogens is 2. The monoisotopic (exact) mass is 340 g/mol. The maximum absolute atomic E-state index is 5.95. The molecule has 1 heterocycles. The summed E-state index contributed by atoms with van der Waals surface area (Å²) in [5.74, 6) is 0.773. The van der Waals surface area contributed by atoms with Crippen LogP contribution in [0.3, 0.4) is 0 Å². The van der Waals surface area contributed by atoms with E-state index in [9.17, 15) is 0 Å². The van der Waals surface area contributed by atoms with Crippen LogP contribution in [0.15, 0.2) is 60.9 Å². The number of nitrogens with zero attached hydrogens (tertiary/aromatic N) is 3. The Morgan fingerprint density at radius 1 is 0.875 bits per heavy atom. The van der Waals surface area contributed by atoms with E-state index in [1.807, 2.05) is 74.3 Å². The molecule has 2 N–H and O–H groups in total. The van der Waals surface area contributed by atoms with Crippen LogP contribution >= 0.6 is 11.6 Å². The minimum absolute atomic E-state index is 0.704. The van der Waals surface area contributed by atoms with Crippen LogP contribution in [0, 0.1) is 0 Å². The first-order chi connectivity index (χ1) is 11.6. The van der Waals surface area contributed by atoms with Gasteiger partial charge in [-0.2, -0.15) is 0 Å². The van der Waals surface area contributed by atoms with Gasteiger partial charge in [-0.1, -0.05) is 37.6 Å². The van der Waals surface area contributed by atoms with Crippen LogP contribution in [0.4, 0.5) is 17.2 Å². The minimum Gasteiger partial charge on any atom is -0.399 e. The van der Waals surface area contributed by atoms with Gasteiger partial charge in [-0.25, -0.2) is 4.98 Å². The van der Waals surface area contributed by atoms with Gasteiger partial charge >= 0.3 is 0 Å². The molecule has 1 aromatic heterocycles. The number of benzene rings is 2. The Kier molecular flexibility index (Phi) is 6.15. The van der Waals surface area contributed by atoms with Crippen LogP contribution in [-0.2, 0) is 0 Å². The van der Waals surface area contributed by atoms with Crippen LogP contribution in [-0.4, -0.2) is 17.0 Å². The first-order valence-electron chi connectivity index (χ1n) is 7.81. The third kappa shape index (κ3) is 4.03. The molecule has 0 radical (unpaired) electrons. The lowest BCUT2D eigenvalue weighted by Crippen LogP contribution is -2.13. The molecule has 0 bridgehead atoms. The molecule has 24 heavy (non-hydrogen) atoms. The van der Waals surface area contributed by atoms with E-state index in [1.165, 1.54) is 0 Å². The van der Waals surface area contributed by atoms with Crippen molar-refractivity contribution >= 4 is 28.8 Å². The molecule has 0 saturated heterocycles. The zero-order valence-corrected chi connectivity index (χ0v) is 14.8. The van der Waals surface area contributed by atoms with Gasteiger partial charge in [0.1, 0.15) is 5.69 Å². The van der Waals surface area contributed by atoms with Crippen molar-refractivity contribution < 1.29 is 0 Å². The highest BCUT2D eigenvalue weighted by atomic mass is 35.5. The molecular weight excluding hydrogens is 320 g/mol. The fourth-order valence-electron chi connectivity index (χ4n) is 2.21. The average Bonchev–Trinajstić information content (AvgIpc) is 2.64. The molecule has 4 nitrogen and oxygen atoms in total. The predicted octanol–water partition coefficient (Wildman–Crippen LogP) is 5.17. The van der Waals surface area contributed by atoms with Crippen LogP contribution in [0.25, 0.3) is 11.3 Å². The molecule has 0 atom stereocenters. The molecule has 0 aliphatic rings. The Balaban J connectivity index is 0.00000100. The predicted molar refractivity (Wildman–Crippen MR) is 103 cm³/mol. The van der Waals surface area contributed by atoms with E-state index in [1.54, 1.807) is 12.4 Å². The van der Waals surface area contributed by atoms with Crippen molar-refractivity contribution in [2.75, 3.05) is 17.7 Å². The fraction of sp³-hybridized carbons (Fsp3) is 0.158. The topological polar surface area (TPSA) is 55.0 Å². The summed E-state index contributed by atoms with van der Waals surface area (Å²) >= 11 is 5.95. The standard InChI is InChI=1S/C17H15ClN4.C2H6/c1-22(15-8-4-13(18)5-9-15)17-16(20-10-11-21-17)12-2-6-14(19)7-3-12;1-2/h2-11H,19H2,1H3;1-2H3. The van der Waals surface area contributed by atoms with Crippen LogP contribution in [0.5, 0.6) is 0 Å². The van der Waals surface area contributed by atoms with Crippen molar-refractivity contribution in [2.45, 2.75) is 13.8 Å². The summed E-state index contributed by atoms with van der Waals surface area (Å²) in [6.07, 6.45) is 3.37. The highest BCUT2D eigenvalue weighted by molar-refractivity contribution is 6.30. The normalized spacial score (nSPS) is 9.83. The molecule has 124 valence electrons. The minimum atomic E-state index is 0.704. The number of hydrogen-bond acceptors (Lipinski definition) is 4. The van der Waals surface area contributed by atoms with Crippen LogP contribution in [0.1, 0.15) is 13.8 Å². The number of nitrogen functional groups attached to an aromatic ring is 1. The van der Waals surface area contributed by atoms with Gasteiger partial charge in [-0.05, 0) is 36.4 Å². The molecule has 2 aromatic carbocycles. The summed E-state index contributed by atoms with van der Waals surface area (Å²) in [6, 6.07) is 15.2. The van der Waals surface area contributed by atoms with Gasteiger partial charge in [-0.3, -0.25) is 4.98 Å². The van der Waals surface area contributed by atoms with Crippen LogP contribution in [0.2, 0.25) is 5.02 Å². The highest BCUT2D eigenvalue weighted by Gasteiger charge is 2.13. The average molecular weight is 341 g/mol. The molecule has 0 unspecified atom stereocenters. The molecule has 3 aromatic rings. The molecule has 0 aliphatic carbocycles. The van der Waals surface area contributed by atoms with E-state index in [-0.39, 0.29) is 0 Å². The Hall–Kier alpha value is -2.59. The first-order valence-corrected chi connectivity index (χ1v) is 8.19. The molecule has 3 rings (SSSR count). The van der Waals surface area contributed by atoms with Gasteiger partial charge < -0.3 is 10.6 Å². The van der Waals surface area contributed by atoms with Gasteiger partial charge in [0, 0.05) is 41.4 Å². The summed E-state index contributed by atoms with van der Waals surface area (Å²) in [5, 5.41) is 0.704. The molecule has 0 amide bonds. The van der Waals surface area contributed by atoms with Gasteiger partial charge in [0.25, 0.3) is 0 Å². The van der Waals surface area contributed by atoms with E-state index in [0.29, 0.717) is 5.02 Å². The van der Waals surface area contributed by atoms with E-state index in [4.69, 9.17) is 17.3 Å². The highest BCUT2D eigenvalue weighted by Crippen LogP contribution is 2.31. The Labute approximate surface area is 147 Å². The number of rotatable bonds is 3. The third-order valence-electron chi connectivity index (χ3n) is 3.39. The molecule has 0 aliphatic heterocycles. The molecule has 0 fully saturated rings. The fourth-order valence-corrected chi connectivity index (χ4v) is 2.33. The second-order valence-electron chi connectivity index (χ2n) is 4.89. The van der Waals surface area contributed by atoms with Crippen molar-refractivity contribution in [3.05, 3.63) is 65.9 Å². The Morgan fingerprint density at radius 2 is 1.46 bits per heavy atom. The number of anilines is 3. The molecule has 0 saturated carbocycles. The second-order valence-corrected chi connectivity index (χ2v) is 5.32. The Morgan fingerprint density at radius 3 is 2.08 bits per heavy atom. The Bertz CT molecular complexity index is 770. The zero-order valence-electron chi connectivity index (χ0n) is 14.1. The van der Waals surface area contributed by atoms with Crippen molar-refractivity contribution in [1.82, 2.24) is 9.97 Å². The number of hydrogen-bond donors (Lipinski definition) is 1. The van der Waals surface area contributed by atoms with E-state index in [2.05, 4.69) is 9.97 Å².